The minimum Gasteiger partial charge on any atom is -0.396 e. The summed E-state index contributed by atoms with van der Waals surface area (Å²) in [6.45, 7) is 0.758. The van der Waals surface area contributed by atoms with Crippen molar-refractivity contribution in [2.45, 2.75) is 6.42 Å². The van der Waals surface area contributed by atoms with Gasteiger partial charge in [0.2, 0.25) is 0 Å². The molecule has 0 saturated carbocycles. The van der Waals surface area contributed by atoms with Gasteiger partial charge in [-0.2, -0.15) is 11.8 Å². The molecular weight excluding hydrogens is 331 g/mol. The molecule has 7 heteroatoms. The van der Waals surface area contributed by atoms with Crippen molar-refractivity contribution >= 4 is 51.8 Å². The third-order valence-corrected chi connectivity index (χ3v) is 4.60. The fourth-order valence-electron chi connectivity index (χ4n) is 1.88. The summed E-state index contributed by atoms with van der Waals surface area (Å²) in [6.07, 6.45) is 0.771. The number of aliphatic hydroxyl groups is 1. The predicted octanol–water partition coefficient (Wildman–Crippen LogP) is 3.32. The lowest BCUT2D eigenvalue weighted by Crippen LogP contribution is -2.26. The van der Waals surface area contributed by atoms with Crippen molar-refractivity contribution in [3.8, 4) is 0 Å². The molecule has 1 heterocycles. The fraction of sp³-hybridized carbons (Fsp3) is 0.357. The molecule has 4 nitrogen and oxygen atoms in total. The van der Waals surface area contributed by atoms with E-state index in [1.807, 2.05) is 0 Å². The lowest BCUT2D eigenvalue weighted by atomic mass is 10.2. The number of halogens is 2. The second kappa shape index (κ2) is 7.94. The zero-order valence-corrected chi connectivity index (χ0v) is 13.6. The number of H-pyrrole nitrogens is 1. The maximum Gasteiger partial charge on any atom is 0.269 e. The third kappa shape index (κ3) is 4.30. The number of thioether (sulfide) groups is 1. The Labute approximate surface area is 137 Å². The Bertz CT molecular complexity index is 631. The number of aromatic nitrogens is 1. The molecule has 2 rings (SSSR count). The number of carbonyl (C=O) groups excluding carboxylic acids is 1. The number of carbonyl (C=O) groups is 1. The zero-order chi connectivity index (χ0) is 15.2. The molecule has 2 aromatic rings. The fourth-order valence-corrected chi connectivity index (χ4v) is 3.13. The summed E-state index contributed by atoms with van der Waals surface area (Å²) in [5.41, 5.74) is 1.14. The molecule has 1 amide bonds. The van der Waals surface area contributed by atoms with Gasteiger partial charge in [-0.1, -0.05) is 23.2 Å². The first-order chi connectivity index (χ1) is 10.1. The van der Waals surface area contributed by atoms with Crippen LogP contribution in [-0.2, 0) is 0 Å². The number of amides is 1. The second-order valence-electron chi connectivity index (χ2n) is 4.45. The van der Waals surface area contributed by atoms with E-state index in [9.17, 15) is 4.79 Å². The van der Waals surface area contributed by atoms with Crippen molar-refractivity contribution in [2.24, 2.45) is 0 Å². The van der Waals surface area contributed by atoms with E-state index in [-0.39, 0.29) is 12.5 Å². The van der Waals surface area contributed by atoms with Crippen LogP contribution in [0.15, 0.2) is 18.2 Å². The summed E-state index contributed by atoms with van der Waals surface area (Å²) in [6, 6.07) is 5.28. The second-order valence-corrected chi connectivity index (χ2v) is 6.49. The molecular formula is C14H16Cl2N2O2S. The summed E-state index contributed by atoms with van der Waals surface area (Å²) < 4.78 is 0. The summed E-state index contributed by atoms with van der Waals surface area (Å²) in [7, 11) is 0. The Morgan fingerprint density at radius 3 is 2.90 bits per heavy atom. The molecule has 1 aromatic carbocycles. The maximum absolute atomic E-state index is 12.1. The number of hydrogen-bond donors (Lipinski definition) is 3. The summed E-state index contributed by atoms with van der Waals surface area (Å²) in [4.78, 5) is 15.1. The first-order valence-electron chi connectivity index (χ1n) is 6.57. The van der Waals surface area contributed by atoms with Gasteiger partial charge in [-0.3, -0.25) is 4.79 Å². The first kappa shape index (κ1) is 16.5. The van der Waals surface area contributed by atoms with Crippen molar-refractivity contribution in [2.75, 3.05) is 24.7 Å². The van der Waals surface area contributed by atoms with Gasteiger partial charge in [-0.05, 0) is 30.4 Å². The van der Waals surface area contributed by atoms with Gasteiger partial charge in [-0.15, -0.1) is 0 Å². The van der Waals surface area contributed by atoms with Crippen LogP contribution in [0.4, 0.5) is 0 Å². The molecule has 0 aliphatic heterocycles. The van der Waals surface area contributed by atoms with Crippen LogP contribution in [0.5, 0.6) is 0 Å². The molecule has 0 aliphatic carbocycles. The SMILES string of the molecule is O=C(NCCSCCCO)c1[nH]c2ccc(Cl)cc2c1Cl. The van der Waals surface area contributed by atoms with Gasteiger partial charge in [-0.25, -0.2) is 0 Å². The number of benzene rings is 1. The topological polar surface area (TPSA) is 65.1 Å². The lowest BCUT2D eigenvalue weighted by Gasteiger charge is -2.04. The van der Waals surface area contributed by atoms with E-state index in [0.717, 1.165) is 28.8 Å². The summed E-state index contributed by atoms with van der Waals surface area (Å²) in [5, 5.41) is 13.2. The number of hydrogen-bond acceptors (Lipinski definition) is 3. The Morgan fingerprint density at radius 1 is 1.33 bits per heavy atom. The standard InChI is InChI=1S/C14H16Cl2N2O2S/c15-9-2-3-11-10(8-9)12(16)13(18-11)14(20)17-4-7-21-6-1-5-19/h2-3,8,18-19H,1,4-7H2,(H,17,20). The molecule has 0 fully saturated rings. The van der Waals surface area contributed by atoms with Crippen molar-refractivity contribution < 1.29 is 9.90 Å². The summed E-state index contributed by atoms with van der Waals surface area (Å²) in [5.74, 6) is 1.46. The van der Waals surface area contributed by atoms with Crippen molar-refractivity contribution in [3.05, 3.63) is 33.9 Å². The highest BCUT2D eigenvalue weighted by Gasteiger charge is 2.16. The van der Waals surface area contributed by atoms with Gasteiger partial charge in [0.15, 0.2) is 0 Å². The van der Waals surface area contributed by atoms with Crippen LogP contribution in [0.3, 0.4) is 0 Å². The van der Waals surface area contributed by atoms with E-state index in [1.54, 1.807) is 30.0 Å². The Balaban J connectivity index is 1.95. The summed E-state index contributed by atoms with van der Waals surface area (Å²) >= 11 is 13.8. The van der Waals surface area contributed by atoms with Crippen LogP contribution in [0, 0.1) is 0 Å². The van der Waals surface area contributed by atoms with Crippen LogP contribution in [0.25, 0.3) is 10.9 Å². The van der Waals surface area contributed by atoms with Crippen LogP contribution in [-0.4, -0.2) is 40.7 Å². The highest BCUT2D eigenvalue weighted by molar-refractivity contribution is 7.99. The highest BCUT2D eigenvalue weighted by atomic mass is 35.5. The van der Waals surface area contributed by atoms with Crippen molar-refractivity contribution in [3.63, 3.8) is 0 Å². The third-order valence-electron chi connectivity index (χ3n) is 2.90. The van der Waals surface area contributed by atoms with Gasteiger partial charge < -0.3 is 15.4 Å². The maximum atomic E-state index is 12.1. The molecule has 1 aromatic heterocycles. The first-order valence-corrected chi connectivity index (χ1v) is 8.48. The number of nitrogens with one attached hydrogen (secondary N) is 2. The number of aromatic amines is 1. The minimum atomic E-state index is -0.227. The average molecular weight is 347 g/mol. The predicted molar refractivity (Wildman–Crippen MR) is 89.7 cm³/mol. The molecule has 0 bridgehead atoms. The Kier molecular flexibility index (Phi) is 6.23. The molecule has 0 atom stereocenters. The monoisotopic (exact) mass is 346 g/mol. The Hall–Kier alpha value is -0.880. The van der Waals surface area contributed by atoms with Gasteiger partial charge >= 0.3 is 0 Å². The Morgan fingerprint density at radius 2 is 2.14 bits per heavy atom. The minimum absolute atomic E-state index is 0.201. The van der Waals surface area contributed by atoms with E-state index in [1.165, 1.54) is 0 Å². The molecule has 0 aliphatic rings. The van der Waals surface area contributed by atoms with Crippen LogP contribution in [0.1, 0.15) is 16.9 Å². The van der Waals surface area contributed by atoms with Crippen LogP contribution >= 0.6 is 35.0 Å². The number of fused-ring (bicyclic) bond motifs is 1. The van der Waals surface area contributed by atoms with Gasteiger partial charge in [0.1, 0.15) is 5.69 Å². The molecule has 0 spiro atoms. The van der Waals surface area contributed by atoms with Crippen molar-refractivity contribution in [1.82, 2.24) is 10.3 Å². The molecule has 0 radical (unpaired) electrons. The smallest absolute Gasteiger partial charge is 0.269 e. The van der Waals surface area contributed by atoms with Crippen LogP contribution < -0.4 is 5.32 Å². The van der Waals surface area contributed by atoms with Gasteiger partial charge in [0, 0.05) is 34.8 Å². The van der Waals surface area contributed by atoms with Crippen molar-refractivity contribution in [1.29, 1.82) is 0 Å². The lowest BCUT2D eigenvalue weighted by molar-refractivity contribution is 0.0952. The van der Waals surface area contributed by atoms with Crippen LogP contribution in [0.2, 0.25) is 10.0 Å². The van der Waals surface area contributed by atoms with E-state index < -0.39 is 0 Å². The molecule has 3 N–H and O–H groups in total. The van der Waals surface area contributed by atoms with E-state index in [2.05, 4.69) is 10.3 Å². The number of aliphatic hydroxyl groups excluding tert-OH is 1. The largest absolute Gasteiger partial charge is 0.396 e. The zero-order valence-electron chi connectivity index (χ0n) is 11.3. The highest BCUT2D eigenvalue weighted by Crippen LogP contribution is 2.29. The molecule has 114 valence electrons. The molecule has 21 heavy (non-hydrogen) atoms. The quantitative estimate of drug-likeness (QED) is 0.673. The number of rotatable bonds is 7. The van der Waals surface area contributed by atoms with E-state index in [0.29, 0.717) is 22.3 Å². The van der Waals surface area contributed by atoms with Gasteiger partial charge in [0.25, 0.3) is 5.91 Å². The molecule has 0 saturated heterocycles. The van der Waals surface area contributed by atoms with E-state index in [4.69, 9.17) is 28.3 Å². The normalized spacial score (nSPS) is 11.0. The average Bonchev–Trinajstić information content (AvgIpc) is 2.79. The molecule has 0 unspecified atom stereocenters. The van der Waals surface area contributed by atoms with Gasteiger partial charge in [0.05, 0.1) is 5.02 Å². The van der Waals surface area contributed by atoms with E-state index >= 15 is 0 Å².